The minimum Gasteiger partial charge on any atom is -0.347 e. The fraction of sp³-hybridized carbons (Fsp3) is 0.333. The molecule has 0 radical (unpaired) electrons. The van der Waals surface area contributed by atoms with Gasteiger partial charge in [0.1, 0.15) is 9.36 Å². The Kier molecular flexibility index (Phi) is 6.81. The van der Waals surface area contributed by atoms with E-state index in [0.717, 1.165) is 16.2 Å². The number of amides is 1. The number of hydrogen-bond donors (Lipinski definition) is 1. The largest absolute Gasteiger partial charge is 0.347 e. The van der Waals surface area contributed by atoms with Crippen LogP contribution >= 0.6 is 34.5 Å². The third kappa shape index (κ3) is 4.71. The Balaban J connectivity index is 2.06. The SMILES string of the molecule is CCN(CC)S(=O)(=O)c1ccc(CNC(=O)c2cnc(Cl)c(Cl)c2)s1. The number of nitrogens with one attached hydrogen (secondary N) is 1. The van der Waals surface area contributed by atoms with Gasteiger partial charge in [-0.05, 0) is 18.2 Å². The third-order valence-electron chi connectivity index (χ3n) is 3.42. The molecule has 2 aromatic rings. The van der Waals surface area contributed by atoms with Gasteiger partial charge in [0.25, 0.3) is 15.9 Å². The summed E-state index contributed by atoms with van der Waals surface area (Å²) in [7, 11) is -3.48. The van der Waals surface area contributed by atoms with Crippen LogP contribution in [0.4, 0.5) is 0 Å². The highest BCUT2D eigenvalue weighted by Crippen LogP contribution is 2.25. The van der Waals surface area contributed by atoms with E-state index < -0.39 is 10.0 Å². The summed E-state index contributed by atoms with van der Waals surface area (Å²) in [6.45, 7) is 4.61. The molecule has 2 aromatic heterocycles. The van der Waals surface area contributed by atoms with Crippen LogP contribution in [-0.4, -0.2) is 36.7 Å². The van der Waals surface area contributed by atoms with E-state index in [2.05, 4.69) is 10.3 Å². The molecule has 25 heavy (non-hydrogen) atoms. The predicted octanol–water partition coefficient (Wildman–Crippen LogP) is 3.41. The van der Waals surface area contributed by atoms with Gasteiger partial charge in [-0.1, -0.05) is 37.0 Å². The highest BCUT2D eigenvalue weighted by Gasteiger charge is 2.23. The summed E-state index contributed by atoms with van der Waals surface area (Å²) in [5.74, 6) is -0.368. The average Bonchev–Trinajstić information content (AvgIpc) is 3.06. The molecule has 0 saturated carbocycles. The quantitative estimate of drug-likeness (QED) is 0.694. The first kappa shape index (κ1) is 20.1. The lowest BCUT2D eigenvalue weighted by atomic mass is 10.2. The first-order valence-electron chi connectivity index (χ1n) is 7.47. The van der Waals surface area contributed by atoms with Crippen LogP contribution in [0.15, 0.2) is 28.6 Å². The number of carbonyl (C=O) groups excluding carboxylic acids is 1. The van der Waals surface area contributed by atoms with Crippen LogP contribution in [0.25, 0.3) is 0 Å². The van der Waals surface area contributed by atoms with Gasteiger partial charge in [-0.2, -0.15) is 4.31 Å². The van der Waals surface area contributed by atoms with Gasteiger partial charge in [0.15, 0.2) is 0 Å². The van der Waals surface area contributed by atoms with Crippen molar-refractivity contribution < 1.29 is 13.2 Å². The second-order valence-corrected chi connectivity index (χ2v) is 9.09. The van der Waals surface area contributed by atoms with E-state index in [1.165, 1.54) is 16.6 Å². The Labute approximate surface area is 160 Å². The van der Waals surface area contributed by atoms with Crippen molar-refractivity contribution >= 4 is 50.5 Å². The van der Waals surface area contributed by atoms with Crippen LogP contribution in [0.3, 0.4) is 0 Å². The molecule has 0 unspecified atom stereocenters. The number of nitrogens with zero attached hydrogens (tertiary/aromatic N) is 2. The summed E-state index contributed by atoms with van der Waals surface area (Å²) in [5, 5.41) is 3.03. The molecule has 0 aliphatic carbocycles. The number of hydrogen-bond acceptors (Lipinski definition) is 5. The van der Waals surface area contributed by atoms with Crippen molar-refractivity contribution in [2.75, 3.05) is 13.1 Å². The van der Waals surface area contributed by atoms with Crippen molar-refractivity contribution in [3.8, 4) is 0 Å². The first-order valence-corrected chi connectivity index (χ1v) is 10.5. The van der Waals surface area contributed by atoms with Crippen molar-refractivity contribution in [2.45, 2.75) is 24.6 Å². The molecule has 6 nitrogen and oxygen atoms in total. The molecule has 0 spiro atoms. The smallest absolute Gasteiger partial charge is 0.253 e. The first-order chi connectivity index (χ1) is 11.8. The summed E-state index contributed by atoms with van der Waals surface area (Å²) in [6.07, 6.45) is 1.33. The summed E-state index contributed by atoms with van der Waals surface area (Å²) in [4.78, 5) is 16.7. The topological polar surface area (TPSA) is 79.4 Å². The third-order valence-corrected chi connectivity index (χ3v) is 7.71. The lowest BCUT2D eigenvalue weighted by molar-refractivity contribution is 0.0951. The molecule has 136 valence electrons. The Morgan fingerprint density at radius 3 is 2.56 bits per heavy atom. The molecular formula is C15H17Cl2N3O3S2. The van der Waals surface area contributed by atoms with Crippen molar-refractivity contribution in [2.24, 2.45) is 0 Å². The van der Waals surface area contributed by atoms with E-state index in [4.69, 9.17) is 23.2 Å². The normalized spacial score (nSPS) is 11.7. The molecule has 0 atom stereocenters. The number of pyridine rings is 1. The predicted molar refractivity (Wildman–Crippen MR) is 99.9 cm³/mol. The zero-order chi connectivity index (χ0) is 18.6. The number of thiophene rings is 1. The minimum atomic E-state index is -3.48. The number of aromatic nitrogens is 1. The van der Waals surface area contributed by atoms with Crippen molar-refractivity contribution in [1.82, 2.24) is 14.6 Å². The monoisotopic (exact) mass is 421 g/mol. The van der Waals surface area contributed by atoms with Gasteiger partial charge in [0, 0.05) is 24.2 Å². The Bertz CT molecular complexity index is 865. The molecule has 10 heteroatoms. The molecule has 1 N–H and O–H groups in total. The maximum atomic E-state index is 12.5. The maximum absolute atomic E-state index is 12.5. The van der Waals surface area contributed by atoms with E-state index in [0.29, 0.717) is 13.1 Å². The van der Waals surface area contributed by atoms with Crippen molar-refractivity contribution in [3.63, 3.8) is 0 Å². The second kappa shape index (κ2) is 8.46. The number of carbonyl (C=O) groups is 1. The highest BCUT2D eigenvalue weighted by molar-refractivity contribution is 7.91. The Hall–Kier alpha value is -1.19. The van der Waals surface area contributed by atoms with Crippen LogP contribution in [0.1, 0.15) is 29.1 Å². The fourth-order valence-corrected chi connectivity index (χ4v) is 5.28. The molecule has 2 rings (SSSR count). The highest BCUT2D eigenvalue weighted by atomic mass is 35.5. The van der Waals surface area contributed by atoms with Gasteiger partial charge in [0.05, 0.1) is 17.1 Å². The van der Waals surface area contributed by atoms with Gasteiger partial charge in [-0.25, -0.2) is 13.4 Å². The lowest BCUT2D eigenvalue weighted by Gasteiger charge is -2.16. The van der Waals surface area contributed by atoms with E-state index in [9.17, 15) is 13.2 Å². The lowest BCUT2D eigenvalue weighted by Crippen LogP contribution is -2.30. The van der Waals surface area contributed by atoms with Crippen LogP contribution in [0.2, 0.25) is 10.2 Å². The fourth-order valence-electron chi connectivity index (χ4n) is 2.10. The van der Waals surface area contributed by atoms with E-state index >= 15 is 0 Å². The van der Waals surface area contributed by atoms with E-state index in [1.807, 2.05) is 0 Å². The van der Waals surface area contributed by atoms with Gasteiger partial charge in [0.2, 0.25) is 0 Å². The van der Waals surface area contributed by atoms with E-state index in [-0.39, 0.29) is 32.4 Å². The summed E-state index contributed by atoms with van der Waals surface area (Å²) >= 11 is 12.7. The van der Waals surface area contributed by atoms with Crippen LogP contribution < -0.4 is 5.32 Å². The zero-order valence-electron chi connectivity index (χ0n) is 13.6. The van der Waals surface area contributed by atoms with Crippen LogP contribution in [-0.2, 0) is 16.6 Å². The maximum Gasteiger partial charge on any atom is 0.253 e. The van der Waals surface area contributed by atoms with Gasteiger partial charge >= 0.3 is 0 Å². The Morgan fingerprint density at radius 1 is 1.28 bits per heavy atom. The summed E-state index contributed by atoms with van der Waals surface area (Å²) < 4.78 is 26.6. The molecule has 0 bridgehead atoms. The molecule has 2 heterocycles. The summed E-state index contributed by atoms with van der Waals surface area (Å²) in [5.41, 5.74) is 0.280. The molecule has 0 saturated heterocycles. The molecule has 1 amide bonds. The Morgan fingerprint density at radius 2 is 1.96 bits per heavy atom. The standard InChI is InChI=1S/C15H17Cl2N3O3S2/c1-3-20(4-2)25(22,23)13-6-5-11(24-13)9-19-15(21)10-7-12(16)14(17)18-8-10/h5-8H,3-4,9H2,1-2H3,(H,19,21). The van der Waals surface area contributed by atoms with E-state index in [1.54, 1.807) is 26.0 Å². The van der Waals surface area contributed by atoms with Gasteiger partial charge < -0.3 is 5.32 Å². The number of sulfonamides is 1. The van der Waals surface area contributed by atoms with Gasteiger partial charge in [-0.15, -0.1) is 11.3 Å². The molecule has 0 aliphatic heterocycles. The molecular weight excluding hydrogens is 405 g/mol. The summed E-state index contributed by atoms with van der Waals surface area (Å²) in [6, 6.07) is 4.67. The second-order valence-electron chi connectivity index (χ2n) is 4.99. The zero-order valence-corrected chi connectivity index (χ0v) is 16.8. The molecule has 0 fully saturated rings. The number of rotatable bonds is 7. The number of halogens is 2. The van der Waals surface area contributed by atoms with Crippen LogP contribution in [0.5, 0.6) is 0 Å². The van der Waals surface area contributed by atoms with Crippen LogP contribution in [0, 0.1) is 0 Å². The molecule has 0 aromatic carbocycles. The van der Waals surface area contributed by atoms with Crippen molar-refractivity contribution in [3.05, 3.63) is 45.0 Å². The average molecular weight is 422 g/mol. The van der Waals surface area contributed by atoms with Gasteiger partial charge in [-0.3, -0.25) is 4.79 Å². The minimum absolute atomic E-state index is 0.128. The van der Waals surface area contributed by atoms with Crippen molar-refractivity contribution in [1.29, 1.82) is 0 Å². The molecule has 0 aliphatic rings.